The van der Waals surface area contributed by atoms with Gasteiger partial charge in [-0.25, -0.2) is 0 Å². The molecule has 0 atom stereocenters. The van der Waals surface area contributed by atoms with Crippen molar-refractivity contribution in [3.8, 4) is 17.1 Å². The number of benzene rings is 1. The zero-order valence-electron chi connectivity index (χ0n) is 16.9. The summed E-state index contributed by atoms with van der Waals surface area (Å²) in [5, 5.41) is 3.45. The maximum Gasteiger partial charge on any atom is 2.00 e. The molecule has 12 heteroatoms. The van der Waals surface area contributed by atoms with E-state index in [9.17, 15) is 22.0 Å². The first-order valence-corrected chi connectivity index (χ1v) is 9.13. The van der Waals surface area contributed by atoms with Crippen LogP contribution in [-0.4, -0.2) is 29.7 Å². The van der Waals surface area contributed by atoms with Gasteiger partial charge in [-0.15, -0.1) is 18.2 Å². The second kappa shape index (κ2) is 9.05. The quantitative estimate of drug-likeness (QED) is 0.246. The number of rotatable bonds is 4. The topological polar surface area (TPSA) is 69.4 Å². The van der Waals surface area contributed by atoms with E-state index in [-0.39, 0.29) is 38.1 Å². The van der Waals surface area contributed by atoms with Crippen molar-refractivity contribution < 1.29 is 43.0 Å². The van der Waals surface area contributed by atoms with Crippen LogP contribution in [0.25, 0.3) is 17.1 Å². The molecule has 0 N–H and O–H groups in total. The molecule has 6 nitrogen and oxygen atoms in total. The molecule has 0 radical (unpaired) electrons. The molecule has 0 fully saturated rings. The fourth-order valence-corrected chi connectivity index (χ4v) is 2.86. The third kappa shape index (κ3) is 4.98. The molecule has 0 amide bonds. The van der Waals surface area contributed by atoms with Crippen molar-refractivity contribution in [1.29, 1.82) is 0 Å². The molecule has 0 saturated heterocycles. The SMILES string of the molecule is CC(C)(c1cncc(-c2[c-]cc(F)cc2F)n1)c1cncc(-n2[c-]cc(C(F)(F)F)n2)n1.[Pt+2]. The molecule has 4 rings (SSSR count). The second-order valence-corrected chi connectivity index (χ2v) is 7.29. The van der Waals surface area contributed by atoms with E-state index >= 15 is 0 Å². The van der Waals surface area contributed by atoms with Crippen LogP contribution in [0.2, 0.25) is 0 Å². The molecule has 33 heavy (non-hydrogen) atoms. The Balaban J connectivity index is 0.00000306. The molecule has 3 heterocycles. The summed E-state index contributed by atoms with van der Waals surface area (Å²) in [6.45, 7) is 3.49. The Morgan fingerprint density at radius 1 is 0.879 bits per heavy atom. The molecule has 0 spiro atoms. The van der Waals surface area contributed by atoms with Crippen molar-refractivity contribution >= 4 is 0 Å². The normalized spacial score (nSPS) is 11.8. The van der Waals surface area contributed by atoms with E-state index in [0.29, 0.717) is 17.5 Å². The number of halogens is 5. The maximum absolute atomic E-state index is 14.2. The molecular formula is C21H13F5N6Pt. The van der Waals surface area contributed by atoms with Crippen LogP contribution in [0.4, 0.5) is 22.0 Å². The summed E-state index contributed by atoms with van der Waals surface area (Å²) in [7, 11) is 0. The van der Waals surface area contributed by atoms with Crippen LogP contribution in [0.1, 0.15) is 30.9 Å². The Hall–Kier alpha value is -3.07. The molecule has 0 aliphatic carbocycles. The molecule has 0 unspecified atom stereocenters. The van der Waals surface area contributed by atoms with Crippen LogP contribution in [0.3, 0.4) is 0 Å². The van der Waals surface area contributed by atoms with Gasteiger partial charge in [0, 0.05) is 42.1 Å². The summed E-state index contributed by atoms with van der Waals surface area (Å²) in [4.78, 5) is 16.9. The summed E-state index contributed by atoms with van der Waals surface area (Å²) >= 11 is 0. The fraction of sp³-hybridized carbons (Fsp3) is 0.190. The van der Waals surface area contributed by atoms with Crippen molar-refractivity contribution in [2.24, 2.45) is 0 Å². The number of alkyl halides is 3. The van der Waals surface area contributed by atoms with Crippen LogP contribution in [0.5, 0.6) is 0 Å². The van der Waals surface area contributed by atoms with E-state index in [1.165, 1.54) is 24.8 Å². The van der Waals surface area contributed by atoms with Gasteiger partial charge in [-0.3, -0.25) is 33.8 Å². The average molecular weight is 639 g/mol. The molecular weight excluding hydrogens is 626 g/mol. The first-order valence-electron chi connectivity index (χ1n) is 9.13. The Bertz CT molecular complexity index is 1290. The van der Waals surface area contributed by atoms with E-state index in [2.05, 4.69) is 37.3 Å². The van der Waals surface area contributed by atoms with Crippen molar-refractivity contribution in [2.75, 3.05) is 0 Å². The van der Waals surface area contributed by atoms with Gasteiger partial charge in [0.2, 0.25) is 0 Å². The van der Waals surface area contributed by atoms with Crippen molar-refractivity contribution in [3.63, 3.8) is 0 Å². The van der Waals surface area contributed by atoms with E-state index in [4.69, 9.17) is 0 Å². The average Bonchev–Trinajstić information content (AvgIpc) is 3.25. The Morgan fingerprint density at radius 3 is 2.18 bits per heavy atom. The zero-order valence-corrected chi connectivity index (χ0v) is 19.2. The minimum absolute atomic E-state index is 0. The molecule has 0 saturated carbocycles. The van der Waals surface area contributed by atoms with Crippen LogP contribution < -0.4 is 0 Å². The summed E-state index contributed by atoms with van der Waals surface area (Å²) in [6, 6.07) is 4.91. The second-order valence-electron chi connectivity index (χ2n) is 7.29. The van der Waals surface area contributed by atoms with E-state index in [1.54, 1.807) is 13.8 Å². The van der Waals surface area contributed by atoms with Crippen molar-refractivity contribution in [1.82, 2.24) is 29.7 Å². The minimum Gasteiger partial charge on any atom is -0.342 e. The summed E-state index contributed by atoms with van der Waals surface area (Å²) in [6.07, 6.45) is 3.18. The Labute approximate surface area is 199 Å². The molecule has 0 aliphatic heterocycles. The summed E-state index contributed by atoms with van der Waals surface area (Å²) in [5.74, 6) is -1.59. The number of nitrogens with zero attached hydrogens (tertiary/aromatic N) is 6. The first kappa shape index (κ1) is 24.6. The number of aromatic nitrogens is 6. The van der Waals surface area contributed by atoms with Crippen LogP contribution in [0, 0.1) is 23.9 Å². The third-order valence-electron chi connectivity index (χ3n) is 4.69. The van der Waals surface area contributed by atoms with Gasteiger partial charge >= 0.3 is 27.2 Å². The first-order chi connectivity index (χ1) is 15.1. The smallest absolute Gasteiger partial charge is 0.342 e. The van der Waals surface area contributed by atoms with Crippen molar-refractivity contribution in [2.45, 2.75) is 25.4 Å². The van der Waals surface area contributed by atoms with Gasteiger partial charge in [0.1, 0.15) is 0 Å². The largest absolute Gasteiger partial charge is 2.00 e. The van der Waals surface area contributed by atoms with Gasteiger partial charge in [0.25, 0.3) is 0 Å². The van der Waals surface area contributed by atoms with E-state index in [0.717, 1.165) is 16.8 Å². The van der Waals surface area contributed by atoms with Crippen LogP contribution in [-0.2, 0) is 32.7 Å². The molecule has 0 aliphatic rings. The van der Waals surface area contributed by atoms with Gasteiger partial charge in [-0.1, -0.05) is 17.8 Å². The number of hydrogen-bond acceptors (Lipinski definition) is 5. The predicted octanol–water partition coefficient (Wildman–Crippen LogP) is 4.34. The molecule has 4 aromatic rings. The van der Waals surface area contributed by atoms with Gasteiger partial charge in [-0.05, 0) is 13.8 Å². The summed E-state index contributed by atoms with van der Waals surface area (Å²) < 4.78 is 66.7. The standard InChI is InChI=1S/C21H13F5N6.Pt/c1-20(2,17-9-27-8-15(29-17)13-4-3-12(22)7-14(13)23)18-10-28-11-19(30-18)32-6-5-16(31-32)21(24,25)26;/h3,5,7-11H,1-2H3;/q-2;+2. The molecule has 3 aromatic heterocycles. The van der Waals surface area contributed by atoms with Gasteiger partial charge in [0.05, 0.1) is 28.3 Å². The van der Waals surface area contributed by atoms with Crippen LogP contribution >= 0.6 is 0 Å². The Morgan fingerprint density at radius 2 is 1.55 bits per heavy atom. The minimum atomic E-state index is -4.62. The third-order valence-corrected chi connectivity index (χ3v) is 4.69. The predicted molar refractivity (Wildman–Crippen MR) is 101 cm³/mol. The van der Waals surface area contributed by atoms with E-state index < -0.39 is 28.9 Å². The molecule has 0 bridgehead atoms. The fourth-order valence-electron chi connectivity index (χ4n) is 2.86. The molecule has 172 valence electrons. The Kier molecular flexibility index (Phi) is 6.74. The van der Waals surface area contributed by atoms with Gasteiger partial charge in [0.15, 0.2) is 0 Å². The maximum atomic E-state index is 14.2. The van der Waals surface area contributed by atoms with E-state index in [1.807, 2.05) is 0 Å². The zero-order chi connectivity index (χ0) is 23.1. The van der Waals surface area contributed by atoms with Crippen LogP contribution in [0.15, 0.2) is 43.0 Å². The van der Waals surface area contributed by atoms with Gasteiger partial charge < -0.3 is 4.68 Å². The summed E-state index contributed by atoms with van der Waals surface area (Å²) in [5.41, 5.74) is -1.24. The monoisotopic (exact) mass is 639 g/mol. The van der Waals surface area contributed by atoms with Crippen molar-refractivity contribution in [3.05, 3.63) is 84.0 Å². The molecule has 1 aromatic carbocycles. The van der Waals surface area contributed by atoms with Gasteiger partial charge in [-0.2, -0.15) is 13.2 Å². The number of hydrogen-bond donors (Lipinski definition) is 0.